The largest absolute Gasteiger partial charge is 0.493 e. The van der Waals surface area contributed by atoms with Crippen LogP contribution in [0.1, 0.15) is 41.7 Å². The van der Waals surface area contributed by atoms with E-state index in [0.29, 0.717) is 43.2 Å². The predicted molar refractivity (Wildman–Crippen MR) is 143 cm³/mol. The van der Waals surface area contributed by atoms with Crippen LogP contribution in [0.4, 0.5) is 0 Å². The van der Waals surface area contributed by atoms with Gasteiger partial charge >= 0.3 is 0 Å². The third-order valence-corrected chi connectivity index (χ3v) is 7.76. The van der Waals surface area contributed by atoms with E-state index in [0.717, 1.165) is 48.3 Å². The fourth-order valence-corrected chi connectivity index (χ4v) is 5.67. The monoisotopic (exact) mass is 501 g/mol. The molecule has 7 heteroatoms. The van der Waals surface area contributed by atoms with Crippen molar-refractivity contribution < 1.29 is 19.1 Å². The topological polar surface area (TPSA) is 64.0 Å². The minimum Gasteiger partial charge on any atom is -0.493 e. The fraction of sp³-hybridized carbons (Fsp3) is 0.400. The van der Waals surface area contributed by atoms with Gasteiger partial charge in [0, 0.05) is 49.5 Å². The summed E-state index contributed by atoms with van der Waals surface area (Å²) in [6.07, 6.45) is 4.30. The molecule has 2 aliphatic rings. The van der Waals surface area contributed by atoms with Gasteiger partial charge in [-0.1, -0.05) is 43.2 Å². The van der Waals surface area contributed by atoms with Crippen LogP contribution in [0.2, 0.25) is 0 Å². The maximum absolute atomic E-state index is 13.8. The van der Waals surface area contributed by atoms with Gasteiger partial charge in [0.15, 0.2) is 11.5 Å². The highest BCUT2D eigenvalue weighted by molar-refractivity contribution is 5.97. The van der Waals surface area contributed by atoms with E-state index in [9.17, 15) is 9.59 Å². The summed E-state index contributed by atoms with van der Waals surface area (Å²) >= 11 is 0. The first-order valence-electron chi connectivity index (χ1n) is 13.1. The summed E-state index contributed by atoms with van der Waals surface area (Å²) < 4.78 is 13.1. The minimum atomic E-state index is 0.00173. The van der Waals surface area contributed by atoms with Crippen LogP contribution in [-0.4, -0.2) is 66.6 Å². The molecule has 0 unspecified atom stereocenters. The zero-order chi connectivity index (χ0) is 25.9. The Balaban J connectivity index is 1.44. The number of rotatable bonds is 6. The van der Waals surface area contributed by atoms with Crippen LogP contribution >= 0.6 is 0 Å². The Labute approximate surface area is 218 Å². The summed E-state index contributed by atoms with van der Waals surface area (Å²) in [6.45, 7) is 4.29. The van der Waals surface area contributed by atoms with E-state index >= 15 is 0 Å². The Morgan fingerprint density at radius 2 is 1.46 bits per heavy atom. The zero-order valence-corrected chi connectivity index (χ0v) is 21.9. The maximum atomic E-state index is 13.8. The zero-order valence-electron chi connectivity index (χ0n) is 21.9. The van der Waals surface area contributed by atoms with Crippen LogP contribution in [0.25, 0.3) is 16.9 Å². The van der Waals surface area contributed by atoms with Crippen molar-refractivity contribution in [2.75, 3.05) is 40.4 Å². The number of hydrogen-bond acceptors (Lipinski definition) is 4. The molecule has 2 fully saturated rings. The molecule has 0 spiro atoms. The van der Waals surface area contributed by atoms with Gasteiger partial charge in [-0.05, 0) is 43.5 Å². The number of methoxy groups -OCH3 is 2. The van der Waals surface area contributed by atoms with E-state index in [1.54, 1.807) is 14.2 Å². The minimum absolute atomic E-state index is 0.00173. The summed E-state index contributed by atoms with van der Waals surface area (Å²) in [5.41, 5.74) is 4.37. The van der Waals surface area contributed by atoms with Crippen LogP contribution < -0.4 is 9.47 Å². The fourth-order valence-electron chi connectivity index (χ4n) is 5.67. The molecular weight excluding hydrogens is 466 g/mol. The smallest absolute Gasteiger partial charge is 0.255 e. The first-order valence-corrected chi connectivity index (χ1v) is 13.1. The lowest BCUT2D eigenvalue weighted by atomic mass is 10.1. The van der Waals surface area contributed by atoms with Crippen molar-refractivity contribution in [2.24, 2.45) is 5.92 Å². The molecular formula is C30H35N3O4. The molecule has 0 radical (unpaired) electrons. The second kappa shape index (κ2) is 10.7. The second-order valence-electron chi connectivity index (χ2n) is 9.87. The van der Waals surface area contributed by atoms with E-state index in [1.165, 1.54) is 0 Å². The second-order valence-corrected chi connectivity index (χ2v) is 9.87. The van der Waals surface area contributed by atoms with Crippen LogP contribution in [-0.2, 0) is 4.79 Å². The molecule has 3 aromatic rings. The third kappa shape index (κ3) is 4.82. The molecule has 7 nitrogen and oxygen atoms in total. The molecule has 0 N–H and O–H groups in total. The van der Waals surface area contributed by atoms with E-state index in [4.69, 9.17) is 9.47 Å². The van der Waals surface area contributed by atoms with Crippen LogP contribution in [0.15, 0.2) is 54.6 Å². The number of ether oxygens (including phenoxy) is 2. The molecule has 2 heterocycles. The van der Waals surface area contributed by atoms with Crippen molar-refractivity contribution in [1.29, 1.82) is 0 Å². The highest BCUT2D eigenvalue weighted by Crippen LogP contribution is 2.35. The highest BCUT2D eigenvalue weighted by atomic mass is 16.5. The third-order valence-electron chi connectivity index (χ3n) is 7.76. The van der Waals surface area contributed by atoms with Crippen LogP contribution in [0.3, 0.4) is 0 Å². The molecule has 37 heavy (non-hydrogen) atoms. The molecule has 1 saturated heterocycles. The van der Waals surface area contributed by atoms with Crippen molar-refractivity contribution in [2.45, 2.75) is 32.6 Å². The van der Waals surface area contributed by atoms with E-state index in [1.807, 2.05) is 71.3 Å². The first-order chi connectivity index (χ1) is 18.0. The quantitative estimate of drug-likeness (QED) is 0.480. The lowest BCUT2D eigenvalue weighted by Gasteiger charge is -2.36. The van der Waals surface area contributed by atoms with Crippen molar-refractivity contribution in [3.05, 3.63) is 65.9 Å². The molecule has 194 valence electrons. The molecule has 2 amide bonds. The van der Waals surface area contributed by atoms with Crippen LogP contribution in [0.5, 0.6) is 11.5 Å². The molecule has 1 aliphatic carbocycles. The van der Waals surface area contributed by atoms with Crippen molar-refractivity contribution in [1.82, 2.24) is 14.4 Å². The van der Waals surface area contributed by atoms with Crippen LogP contribution in [0, 0.1) is 12.8 Å². The van der Waals surface area contributed by atoms with Gasteiger partial charge in [0.1, 0.15) is 0 Å². The summed E-state index contributed by atoms with van der Waals surface area (Å²) in [4.78, 5) is 30.5. The van der Waals surface area contributed by atoms with E-state index < -0.39 is 0 Å². The number of piperazine rings is 1. The van der Waals surface area contributed by atoms with E-state index in [-0.39, 0.29) is 17.7 Å². The number of carbonyl (C=O) groups excluding carboxylic acids is 2. The highest BCUT2D eigenvalue weighted by Gasteiger charge is 2.32. The number of nitrogens with zero attached hydrogens (tertiary/aromatic N) is 3. The Morgan fingerprint density at radius 3 is 2.11 bits per heavy atom. The van der Waals surface area contributed by atoms with Gasteiger partial charge in [-0.25, -0.2) is 0 Å². The van der Waals surface area contributed by atoms with Gasteiger partial charge < -0.3 is 23.8 Å². The molecule has 1 aliphatic heterocycles. The van der Waals surface area contributed by atoms with Crippen molar-refractivity contribution in [3.63, 3.8) is 0 Å². The number of hydrogen-bond donors (Lipinski definition) is 0. The lowest BCUT2D eigenvalue weighted by molar-refractivity contribution is -0.136. The Hall–Kier alpha value is -3.74. The van der Waals surface area contributed by atoms with Crippen molar-refractivity contribution >= 4 is 11.8 Å². The first kappa shape index (κ1) is 24.9. The van der Waals surface area contributed by atoms with Gasteiger partial charge in [-0.3, -0.25) is 9.59 Å². The summed E-state index contributed by atoms with van der Waals surface area (Å²) in [5.74, 6) is 1.73. The number of aromatic nitrogens is 1. The molecule has 1 saturated carbocycles. The summed E-state index contributed by atoms with van der Waals surface area (Å²) in [6, 6.07) is 17.9. The lowest BCUT2D eigenvalue weighted by Crippen LogP contribution is -2.51. The van der Waals surface area contributed by atoms with Gasteiger partial charge in [0.2, 0.25) is 5.91 Å². The molecule has 1 aromatic heterocycles. The summed E-state index contributed by atoms with van der Waals surface area (Å²) in [7, 11) is 3.24. The molecule has 0 atom stereocenters. The number of benzene rings is 2. The predicted octanol–water partition coefficient (Wildman–Crippen LogP) is 4.94. The van der Waals surface area contributed by atoms with E-state index in [2.05, 4.69) is 4.57 Å². The summed E-state index contributed by atoms with van der Waals surface area (Å²) in [5, 5.41) is 0. The van der Waals surface area contributed by atoms with Gasteiger partial charge in [-0.15, -0.1) is 0 Å². The molecule has 0 bridgehead atoms. The Bertz CT molecular complexity index is 1270. The molecule has 2 aromatic carbocycles. The Kier molecular flexibility index (Phi) is 7.22. The maximum Gasteiger partial charge on any atom is 0.255 e. The average molecular weight is 502 g/mol. The molecule has 5 rings (SSSR count). The number of amides is 2. The standard InChI is InChI=1S/C30H35N3O4/c1-21-25(30(35)32-17-15-31(16-18-32)29(34)23-11-7-8-12-23)20-26(22-9-5-4-6-10-22)33(21)24-13-14-27(36-2)28(19-24)37-3/h4-6,9-10,13-14,19-20,23H,7-8,11-12,15-18H2,1-3H3. The normalized spacial score (nSPS) is 16.2. The van der Waals surface area contributed by atoms with Gasteiger partial charge in [-0.2, -0.15) is 0 Å². The Morgan fingerprint density at radius 1 is 0.811 bits per heavy atom. The van der Waals surface area contributed by atoms with Gasteiger partial charge in [0.25, 0.3) is 5.91 Å². The van der Waals surface area contributed by atoms with Crippen molar-refractivity contribution in [3.8, 4) is 28.4 Å². The SMILES string of the molecule is COc1ccc(-n2c(-c3ccccc3)cc(C(=O)N3CCN(C(=O)C4CCCC4)CC3)c2C)cc1OC. The average Bonchev–Trinajstić information content (AvgIpc) is 3.61. The number of carbonyl (C=O) groups is 2. The van der Waals surface area contributed by atoms with Gasteiger partial charge in [0.05, 0.1) is 25.5 Å².